The van der Waals surface area contributed by atoms with E-state index in [2.05, 4.69) is 6.58 Å². The molecule has 52 heavy (non-hydrogen) atoms. The van der Waals surface area contributed by atoms with Crippen molar-refractivity contribution in [3.63, 3.8) is 0 Å². The van der Waals surface area contributed by atoms with Gasteiger partial charge in [-0.1, -0.05) is 43.8 Å². The molecule has 3 saturated carbocycles. The maximum Gasteiger partial charge on any atom is 0.331 e. The molecule has 4 fully saturated rings. The van der Waals surface area contributed by atoms with Crippen LogP contribution >= 0.6 is 0 Å². The number of Topliss-reactive ketones (excluding diaryl/α,β-unsaturated/α-hetero) is 1. The van der Waals surface area contributed by atoms with Crippen molar-refractivity contribution >= 4 is 41.7 Å². The first-order chi connectivity index (χ1) is 24.2. The smallest absolute Gasteiger partial charge is 0.331 e. The predicted octanol–water partition coefficient (Wildman–Crippen LogP) is 1.14. The quantitative estimate of drug-likeness (QED) is 0.148. The fourth-order valence-electron chi connectivity index (χ4n) is 9.02. The van der Waals surface area contributed by atoms with E-state index in [9.17, 15) is 44.1 Å². The van der Waals surface area contributed by atoms with Crippen molar-refractivity contribution < 1.29 is 72.5 Å². The van der Waals surface area contributed by atoms with Gasteiger partial charge in [-0.25, -0.2) is 4.79 Å². The van der Waals surface area contributed by atoms with Gasteiger partial charge in [0.1, 0.15) is 23.9 Å². The summed E-state index contributed by atoms with van der Waals surface area (Å²) in [4.78, 5) is 79.2. The molecule has 0 aromatic heterocycles. The highest BCUT2D eigenvalue weighted by atomic mass is 16.6. The van der Waals surface area contributed by atoms with Gasteiger partial charge in [0.15, 0.2) is 29.2 Å². The number of esters is 5. The Hall–Kier alpha value is -4.44. The summed E-state index contributed by atoms with van der Waals surface area (Å²) >= 11 is 0. The molecule has 15 heteroatoms. The van der Waals surface area contributed by atoms with Crippen LogP contribution in [0.15, 0.2) is 48.6 Å². The summed E-state index contributed by atoms with van der Waals surface area (Å²) in [5.41, 5.74) is -11.3. The minimum absolute atomic E-state index is 0.106. The standard InChI is InChI=1S/C37H44O15/c1-19-25(52-28(44)14-13-24-11-9-8-10-12-24)15-27(48-20(2)39)35(17-38)29(19)30(49-21(3)40)36(45)16-26(43)34(7)37(46,33(36,6)18-47-34)32(51-23(5)42)31(35)50-22(4)41/h8-14,25,27,29-32,38,45-46H,1,15-18H2,2-7H3/b14-13-/t25-,27+,29-,30-,31+,32+,33-,34+,35+,36+,37-/m0/s1. The van der Waals surface area contributed by atoms with E-state index in [4.69, 9.17) is 28.4 Å². The molecule has 11 atom stereocenters. The van der Waals surface area contributed by atoms with Crippen LogP contribution in [-0.4, -0.2) is 111 Å². The highest BCUT2D eigenvalue weighted by molar-refractivity contribution is 5.92. The summed E-state index contributed by atoms with van der Waals surface area (Å²) in [7, 11) is 0. The number of hydrogen-bond donors (Lipinski definition) is 3. The average molecular weight is 729 g/mol. The number of aliphatic hydroxyl groups is 3. The number of hydrogen-bond acceptors (Lipinski definition) is 15. The number of ketones is 1. The Kier molecular flexibility index (Phi) is 10.1. The Bertz CT molecular complexity index is 1700. The molecule has 1 saturated heterocycles. The molecule has 0 amide bonds. The molecule has 1 aliphatic heterocycles. The van der Waals surface area contributed by atoms with Crippen LogP contribution in [0, 0.1) is 16.7 Å². The lowest BCUT2D eigenvalue weighted by Gasteiger charge is -2.67. The van der Waals surface area contributed by atoms with Gasteiger partial charge in [0.05, 0.1) is 24.0 Å². The third-order valence-electron chi connectivity index (χ3n) is 11.5. The topological polar surface area (TPSA) is 218 Å². The molecule has 15 nitrogen and oxygen atoms in total. The van der Waals surface area contributed by atoms with Crippen molar-refractivity contribution in [2.24, 2.45) is 16.7 Å². The van der Waals surface area contributed by atoms with E-state index in [1.54, 1.807) is 30.3 Å². The summed E-state index contributed by atoms with van der Waals surface area (Å²) < 4.78 is 35.2. The van der Waals surface area contributed by atoms with E-state index >= 15 is 0 Å². The van der Waals surface area contributed by atoms with E-state index in [1.165, 1.54) is 19.9 Å². The Balaban J connectivity index is 1.83. The van der Waals surface area contributed by atoms with Crippen LogP contribution < -0.4 is 0 Å². The Morgan fingerprint density at radius 3 is 1.98 bits per heavy atom. The summed E-state index contributed by atoms with van der Waals surface area (Å²) in [6.07, 6.45) is -7.67. The van der Waals surface area contributed by atoms with E-state index in [0.29, 0.717) is 5.56 Å². The van der Waals surface area contributed by atoms with Gasteiger partial charge in [-0.2, -0.15) is 0 Å². The second kappa shape index (κ2) is 13.5. The summed E-state index contributed by atoms with van der Waals surface area (Å²) in [5.74, 6) is -7.39. The van der Waals surface area contributed by atoms with E-state index in [1.807, 2.05) is 0 Å². The first-order valence-corrected chi connectivity index (χ1v) is 16.8. The maximum absolute atomic E-state index is 14.1. The average Bonchev–Trinajstić information content (AvgIpc) is 3.23. The number of fused-ring (bicyclic) bond motifs is 1. The molecule has 3 N–H and O–H groups in total. The molecule has 3 aliphatic carbocycles. The van der Waals surface area contributed by atoms with Gasteiger partial charge < -0.3 is 43.7 Å². The Labute approximate surface area is 299 Å². The van der Waals surface area contributed by atoms with Crippen LogP contribution in [0.4, 0.5) is 0 Å². The second-order valence-electron chi connectivity index (χ2n) is 14.4. The zero-order chi connectivity index (χ0) is 38.6. The molecule has 1 aromatic carbocycles. The summed E-state index contributed by atoms with van der Waals surface area (Å²) in [6, 6.07) is 8.81. The Morgan fingerprint density at radius 2 is 1.42 bits per heavy atom. The molecule has 4 aliphatic rings. The highest BCUT2D eigenvalue weighted by Gasteiger charge is 2.87. The van der Waals surface area contributed by atoms with Crippen LogP contribution in [0.1, 0.15) is 59.9 Å². The lowest BCUT2D eigenvalue weighted by Crippen LogP contribution is -2.85. The van der Waals surface area contributed by atoms with Crippen molar-refractivity contribution in [3.05, 3.63) is 54.1 Å². The van der Waals surface area contributed by atoms with Gasteiger partial charge in [0.25, 0.3) is 0 Å². The number of carbonyl (C=O) groups is 6. The largest absolute Gasteiger partial charge is 0.462 e. The molecule has 4 bridgehead atoms. The van der Waals surface area contributed by atoms with Crippen LogP contribution in [0.2, 0.25) is 0 Å². The molecular formula is C37H44O15. The molecule has 5 rings (SSSR count). The van der Waals surface area contributed by atoms with Crippen LogP contribution in [0.5, 0.6) is 0 Å². The first-order valence-electron chi connectivity index (χ1n) is 16.8. The normalized spacial score (nSPS) is 39.4. The van der Waals surface area contributed by atoms with E-state index in [-0.39, 0.29) is 5.57 Å². The number of benzene rings is 1. The van der Waals surface area contributed by atoms with Gasteiger partial charge >= 0.3 is 29.8 Å². The van der Waals surface area contributed by atoms with Crippen molar-refractivity contribution in [3.8, 4) is 0 Å². The predicted molar refractivity (Wildman–Crippen MR) is 176 cm³/mol. The Morgan fingerprint density at radius 1 is 0.865 bits per heavy atom. The molecule has 282 valence electrons. The monoisotopic (exact) mass is 728 g/mol. The van der Waals surface area contributed by atoms with E-state index in [0.717, 1.165) is 33.8 Å². The molecule has 0 radical (unpaired) electrons. The van der Waals surface area contributed by atoms with Crippen LogP contribution in [0.25, 0.3) is 6.08 Å². The molecule has 0 spiro atoms. The number of aliphatic hydroxyl groups excluding tert-OH is 1. The van der Waals surface area contributed by atoms with Gasteiger partial charge in [-0.05, 0) is 24.1 Å². The lowest BCUT2D eigenvalue weighted by atomic mass is 9.42. The summed E-state index contributed by atoms with van der Waals surface area (Å²) in [5, 5.41) is 37.7. The van der Waals surface area contributed by atoms with Crippen molar-refractivity contribution in [2.75, 3.05) is 13.2 Å². The van der Waals surface area contributed by atoms with E-state index < -0.39 is 126 Å². The third-order valence-corrected chi connectivity index (χ3v) is 11.5. The zero-order valence-corrected chi connectivity index (χ0v) is 29.8. The molecule has 1 aromatic rings. The number of rotatable bonds is 8. The fourth-order valence-corrected chi connectivity index (χ4v) is 9.02. The van der Waals surface area contributed by atoms with Crippen molar-refractivity contribution in [2.45, 2.75) is 102 Å². The summed E-state index contributed by atoms with van der Waals surface area (Å²) in [6.45, 7) is 9.13. The lowest BCUT2D eigenvalue weighted by molar-refractivity contribution is -0.331. The maximum atomic E-state index is 14.1. The first kappa shape index (κ1) is 38.8. The third kappa shape index (κ3) is 5.65. The van der Waals surface area contributed by atoms with Gasteiger partial charge in [0, 0.05) is 52.5 Å². The van der Waals surface area contributed by atoms with Crippen molar-refractivity contribution in [1.82, 2.24) is 0 Å². The highest BCUT2D eigenvalue weighted by Crippen LogP contribution is 2.68. The van der Waals surface area contributed by atoms with Gasteiger partial charge in [-0.3, -0.25) is 24.0 Å². The van der Waals surface area contributed by atoms with Gasteiger partial charge in [0.2, 0.25) is 0 Å². The minimum atomic E-state index is -2.75. The van der Waals surface area contributed by atoms with Crippen LogP contribution in [-0.2, 0) is 57.2 Å². The second-order valence-corrected chi connectivity index (χ2v) is 14.4. The zero-order valence-electron chi connectivity index (χ0n) is 29.8. The molecule has 1 heterocycles. The minimum Gasteiger partial charge on any atom is -0.462 e. The SMILES string of the molecule is C=C1[C@@H](OC(=O)/C=C\c2ccccc2)C[C@@H](OC(C)=O)[C@@]2(CO)[C@H](OC(C)=O)[C@@H](OC(C)=O)[C@]3(O)[C@@]4(C)CO[C@]3(C)C(=O)C[C@@]4(O)[C@@H](OC(C)=O)[C@H]12. The van der Waals surface area contributed by atoms with Crippen LogP contribution in [0.3, 0.4) is 0 Å². The van der Waals surface area contributed by atoms with Gasteiger partial charge in [-0.15, -0.1) is 0 Å². The number of ether oxygens (including phenoxy) is 6. The molecular weight excluding hydrogens is 684 g/mol. The fraction of sp³-hybridized carbons (Fsp3) is 0.568. The van der Waals surface area contributed by atoms with Crippen molar-refractivity contribution in [1.29, 1.82) is 0 Å². The number of carbonyl (C=O) groups excluding carboxylic acids is 6. The molecule has 0 unspecified atom stereocenters.